The molecule has 128 valence electrons. The predicted octanol–water partition coefficient (Wildman–Crippen LogP) is 4.66. The lowest BCUT2D eigenvalue weighted by Crippen LogP contribution is -2.11. The van der Waals surface area contributed by atoms with Crippen LogP contribution in [0.15, 0.2) is 53.1 Å². The maximum Gasteiger partial charge on any atom is 0.226 e. The van der Waals surface area contributed by atoms with Crippen LogP contribution >= 0.6 is 11.6 Å². The van der Waals surface area contributed by atoms with Gasteiger partial charge in [0.05, 0.1) is 5.02 Å². The van der Waals surface area contributed by atoms with Gasteiger partial charge in [-0.15, -0.1) is 0 Å². The molecule has 25 heavy (non-hydrogen) atoms. The molecule has 0 spiro atoms. The van der Waals surface area contributed by atoms with Crippen molar-refractivity contribution in [3.8, 4) is 11.4 Å². The molecule has 0 saturated carbocycles. The van der Waals surface area contributed by atoms with Gasteiger partial charge in [-0.2, -0.15) is 4.98 Å². The number of hydrogen-bond acceptors (Lipinski definition) is 4. The Labute approximate surface area is 151 Å². The van der Waals surface area contributed by atoms with E-state index < -0.39 is 0 Å². The fraction of sp³-hybridized carbons (Fsp3) is 0.211. The van der Waals surface area contributed by atoms with Crippen LogP contribution in [0.25, 0.3) is 11.4 Å². The van der Waals surface area contributed by atoms with Gasteiger partial charge in [-0.25, -0.2) is 0 Å². The van der Waals surface area contributed by atoms with Crippen molar-refractivity contribution < 1.29 is 9.32 Å². The molecule has 6 heteroatoms. The maximum atomic E-state index is 12.0. The number of nitrogens with zero attached hydrogens (tertiary/aromatic N) is 2. The lowest BCUT2D eigenvalue weighted by atomic mass is 10.2. The van der Waals surface area contributed by atoms with Gasteiger partial charge in [0.2, 0.25) is 17.6 Å². The second kappa shape index (κ2) is 7.94. The van der Waals surface area contributed by atoms with Crippen LogP contribution in [-0.2, 0) is 11.2 Å². The Bertz CT molecular complexity index is 876. The van der Waals surface area contributed by atoms with Gasteiger partial charge in [0, 0.05) is 24.1 Å². The summed E-state index contributed by atoms with van der Waals surface area (Å²) in [4.78, 5) is 16.3. The van der Waals surface area contributed by atoms with Crippen molar-refractivity contribution in [1.82, 2.24) is 10.1 Å². The monoisotopic (exact) mass is 355 g/mol. The van der Waals surface area contributed by atoms with E-state index in [9.17, 15) is 4.79 Å². The number of anilines is 1. The molecule has 5 nitrogen and oxygen atoms in total. The largest absolute Gasteiger partial charge is 0.339 e. The molecule has 0 fully saturated rings. The van der Waals surface area contributed by atoms with E-state index in [-0.39, 0.29) is 5.91 Å². The molecule has 0 aliphatic carbocycles. The van der Waals surface area contributed by atoms with Crippen LogP contribution < -0.4 is 5.32 Å². The molecule has 3 aromatic rings. The molecule has 2 aromatic carbocycles. The first kappa shape index (κ1) is 17.2. The molecule has 0 saturated heterocycles. The van der Waals surface area contributed by atoms with Gasteiger partial charge in [0.1, 0.15) is 0 Å². The quantitative estimate of drug-likeness (QED) is 0.698. The second-order valence-corrected chi connectivity index (χ2v) is 6.17. The molecule has 0 bridgehead atoms. The van der Waals surface area contributed by atoms with E-state index in [1.807, 2.05) is 49.4 Å². The lowest BCUT2D eigenvalue weighted by molar-refractivity contribution is -0.116. The molecule has 1 aromatic heterocycles. The minimum atomic E-state index is -0.0311. The number of rotatable bonds is 6. The molecular formula is C19H18ClN3O2. The normalized spacial score (nSPS) is 10.6. The van der Waals surface area contributed by atoms with Crippen molar-refractivity contribution in [2.45, 2.75) is 26.2 Å². The maximum absolute atomic E-state index is 12.0. The van der Waals surface area contributed by atoms with E-state index in [0.29, 0.717) is 36.0 Å². The Hall–Kier alpha value is -2.66. The highest BCUT2D eigenvalue weighted by atomic mass is 35.5. The molecular weight excluding hydrogens is 338 g/mol. The van der Waals surface area contributed by atoms with Crippen LogP contribution in [0.4, 0.5) is 5.69 Å². The van der Waals surface area contributed by atoms with Crippen LogP contribution in [0, 0.1) is 6.92 Å². The number of nitrogens with one attached hydrogen (secondary N) is 1. The highest BCUT2D eigenvalue weighted by molar-refractivity contribution is 6.33. The van der Waals surface area contributed by atoms with E-state index in [1.165, 1.54) is 0 Å². The Morgan fingerprint density at radius 3 is 2.84 bits per heavy atom. The van der Waals surface area contributed by atoms with Crippen molar-refractivity contribution in [2.75, 3.05) is 5.32 Å². The van der Waals surface area contributed by atoms with E-state index in [1.54, 1.807) is 6.07 Å². The third kappa shape index (κ3) is 4.67. The third-order valence-electron chi connectivity index (χ3n) is 3.68. The van der Waals surface area contributed by atoms with E-state index in [2.05, 4.69) is 15.5 Å². The molecule has 1 N–H and O–H groups in total. The van der Waals surface area contributed by atoms with Gasteiger partial charge >= 0.3 is 0 Å². The Morgan fingerprint density at radius 1 is 1.20 bits per heavy atom. The molecule has 0 aliphatic rings. The highest BCUT2D eigenvalue weighted by Crippen LogP contribution is 2.25. The average molecular weight is 356 g/mol. The first-order valence-electron chi connectivity index (χ1n) is 8.06. The molecule has 3 rings (SSSR count). The fourth-order valence-electron chi connectivity index (χ4n) is 2.45. The number of aryl methyl sites for hydroxylation is 2. The number of hydrogen-bond donors (Lipinski definition) is 1. The van der Waals surface area contributed by atoms with Crippen LogP contribution in [0.1, 0.15) is 24.3 Å². The van der Waals surface area contributed by atoms with Gasteiger partial charge in [0.25, 0.3) is 0 Å². The molecule has 0 atom stereocenters. The summed E-state index contributed by atoms with van der Waals surface area (Å²) in [5, 5.41) is 7.41. The van der Waals surface area contributed by atoms with Gasteiger partial charge in [-0.3, -0.25) is 4.79 Å². The van der Waals surface area contributed by atoms with Crippen LogP contribution in [0.5, 0.6) is 0 Å². The van der Waals surface area contributed by atoms with Gasteiger partial charge in [-0.1, -0.05) is 41.0 Å². The fourth-order valence-corrected chi connectivity index (χ4v) is 2.68. The first-order valence-corrected chi connectivity index (χ1v) is 8.43. The minimum absolute atomic E-state index is 0.0311. The molecule has 0 aliphatic heterocycles. The van der Waals surface area contributed by atoms with Gasteiger partial charge in [-0.05, 0) is 43.2 Å². The summed E-state index contributed by atoms with van der Waals surface area (Å²) in [6.45, 7) is 1.99. The Kier molecular flexibility index (Phi) is 5.46. The van der Waals surface area contributed by atoms with Crippen molar-refractivity contribution in [3.05, 3.63) is 65.0 Å². The summed E-state index contributed by atoms with van der Waals surface area (Å²) in [7, 11) is 0. The molecule has 0 unspecified atom stereocenters. The average Bonchev–Trinajstić information content (AvgIpc) is 3.04. The lowest BCUT2D eigenvalue weighted by Gasteiger charge is -2.05. The summed E-state index contributed by atoms with van der Waals surface area (Å²) < 4.78 is 5.24. The number of carbonyl (C=O) groups excluding carboxylic acids is 1. The Morgan fingerprint density at radius 2 is 2.04 bits per heavy atom. The molecule has 1 heterocycles. The van der Waals surface area contributed by atoms with Crippen molar-refractivity contribution >= 4 is 23.2 Å². The summed E-state index contributed by atoms with van der Waals surface area (Å²) in [6, 6.07) is 15.0. The van der Waals surface area contributed by atoms with Crippen molar-refractivity contribution in [2.24, 2.45) is 0 Å². The van der Waals surface area contributed by atoms with Crippen molar-refractivity contribution in [3.63, 3.8) is 0 Å². The summed E-state index contributed by atoms with van der Waals surface area (Å²) in [5.41, 5.74) is 2.65. The molecule has 1 amide bonds. The van der Waals surface area contributed by atoms with Gasteiger partial charge in [0.15, 0.2) is 0 Å². The zero-order chi connectivity index (χ0) is 17.6. The molecule has 0 radical (unpaired) electrons. The number of amides is 1. The van der Waals surface area contributed by atoms with Crippen molar-refractivity contribution in [1.29, 1.82) is 0 Å². The highest BCUT2D eigenvalue weighted by Gasteiger charge is 2.12. The summed E-state index contributed by atoms with van der Waals surface area (Å²) in [6.07, 6.45) is 1.55. The summed E-state index contributed by atoms with van der Waals surface area (Å²) in [5.74, 6) is 0.930. The number of aromatic nitrogens is 2. The van der Waals surface area contributed by atoms with Crippen LogP contribution in [0.3, 0.4) is 0 Å². The zero-order valence-electron chi connectivity index (χ0n) is 13.8. The number of halogens is 1. The van der Waals surface area contributed by atoms with E-state index >= 15 is 0 Å². The topological polar surface area (TPSA) is 68.0 Å². The smallest absolute Gasteiger partial charge is 0.226 e. The summed E-state index contributed by atoms with van der Waals surface area (Å²) >= 11 is 6.13. The van der Waals surface area contributed by atoms with Gasteiger partial charge < -0.3 is 9.84 Å². The predicted molar refractivity (Wildman–Crippen MR) is 97.5 cm³/mol. The third-order valence-corrected chi connectivity index (χ3v) is 4.01. The first-order chi connectivity index (χ1) is 12.1. The SMILES string of the molecule is Cc1cccc(NC(=O)CCCc2nc(-c3ccccc3Cl)no2)c1. The second-order valence-electron chi connectivity index (χ2n) is 5.76. The zero-order valence-corrected chi connectivity index (χ0v) is 14.6. The minimum Gasteiger partial charge on any atom is -0.339 e. The number of benzene rings is 2. The van der Waals surface area contributed by atoms with E-state index in [4.69, 9.17) is 16.1 Å². The van der Waals surface area contributed by atoms with Crippen LogP contribution in [0.2, 0.25) is 5.02 Å². The standard InChI is InChI=1S/C19H18ClN3O2/c1-13-6-4-7-14(12-13)21-17(24)10-5-11-18-22-19(23-25-18)15-8-2-3-9-16(15)20/h2-4,6-9,12H,5,10-11H2,1H3,(H,21,24). The van der Waals surface area contributed by atoms with Crippen LogP contribution in [-0.4, -0.2) is 16.0 Å². The number of carbonyl (C=O) groups is 1. The Balaban J connectivity index is 1.51. The van der Waals surface area contributed by atoms with E-state index in [0.717, 1.165) is 16.8 Å².